The molecule has 0 aromatic carbocycles. The number of hydrogen-bond acceptors (Lipinski definition) is 4. The summed E-state index contributed by atoms with van der Waals surface area (Å²) in [6.45, 7) is 7.26. The lowest BCUT2D eigenvalue weighted by Gasteiger charge is -2.16. The highest BCUT2D eigenvalue weighted by Gasteiger charge is 2.30. The molecule has 0 bridgehead atoms. The number of aryl methyl sites for hydroxylation is 4. The monoisotopic (exact) mass is 302 g/mol. The molecule has 1 saturated heterocycles. The Hall–Kier alpha value is -2.11. The molecular weight excluding hydrogens is 280 g/mol. The van der Waals surface area contributed by atoms with E-state index in [2.05, 4.69) is 14.7 Å². The summed E-state index contributed by atoms with van der Waals surface area (Å²) in [4.78, 5) is 19.0. The Labute approximate surface area is 130 Å². The summed E-state index contributed by atoms with van der Waals surface area (Å²) in [6, 6.07) is 0. The van der Waals surface area contributed by atoms with Crippen LogP contribution in [-0.4, -0.2) is 38.6 Å². The molecule has 6 nitrogen and oxygen atoms in total. The Morgan fingerprint density at radius 2 is 2.18 bits per heavy atom. The number of aromatic nitrogens is 3. The molecule has 0 radical (unpaired) electrons. The van der Waals surface area contributed by atoms with Crippen molar-refractivity contribution in [2.45, 2.75) is 39.5 Å². The van der Waals surface area contributed by atoms with E-state index in [1.54, 1.807) is 0 Å². The third-order valence-corrected chi connectivity index (χ3v) is 4.45. The molecule has 2 aromatic heterocycles. The van der Waals surface area contributed by atoms with Crippen LogP contribution in [0.5, 0.6) is 0 Å². The zero-order valence-corrected chi connectivity index (χ0v) is 13.6. The van der Waals surface area contributed by atoms with Gasteiger partial charge in [0, 0.05) is 37.8 Å². The van der Waals surface area contributed by atoms with Crippen LogP contribution in [0.3, 0.4) is 0 Å². The number of imidazole rings is 1. The van der Waals surface area contributed by atoms with Gasteiger partial charge in [0.25, 0.3) is 0 Å². The summed E-state index contributed by atoms with van der Waals surface area (Å²) in [5, 5.41) is 3.91. The number of amides is 1. The topological polar surface area (TPSA) is 64.2 Å². The first kappa shape index (κ1) is 14.8. The summed E-state index contributed by atoms with van der Waals surface area (Å²) in [6.07, 6.45) is 3.37. The molecule has 0 saturated carbocycles. The van der Waals surface area contributed by atoms with E-state index in [-0.39, 0.29) is 5.91 Å². The van der Waals surface area contributed by atoms with Crippen molar-refractivity contribution in [3.05, 3.63) is 34.7 Å². The van der Waals surface area contributed by atoms with E-state index in [4.69, 9.17) is 4.52 Å². The quantitative estimate of drug-likeness (QED) is 0.868. The summed E-state index contributed by atoms with van der Waals surface area (Å²) < 4.78 is 7.21. The average Bonchev–Trinajstić information content (AvgIpc) is 3.14. The highest BCUT2D eigenvalue weighted by atomic mass is 16.5. The van der Waals surface area contributed by atoms with Crippen LogP contribution in [0.4, 0.5) is 0 Å². The van der Waals surface area contributed by atoms with Crippen molar-refractivity contribution in [1.29, 1.82) is 0 Å². The fraction of sp³-hybridized carbons (Fsp3) is 0.562. The van der Waals surface area contributed by atoms with Crippen molar-refractivity contribution in [3.63, 3.8) is 0 Å². The number of nitrogens with zero attached hydrogens (tertiary/aromatic N) is 4. The van der Waals surface area contributed by atoms with E-state index in [0.29, 0.717) is 12.3 Å². The van der Waals surface area contributed by atoms with Crippen molar-refractivity contribution in [2.24, 2.45) is 7.05 Å². The highest BCUT2D eigenvalue weighted by Crippen LogP contribution is 2.27. The van der Waals surface area contributed by atoms with Crippen molar-refractivity contribution in [1.82, 2.24) is 19.6 Å². The maximum absolute atomic E-state index is 12.5. The zero-order valence-electron chi connectivity index (χ0n) is 13.6. The van der Waals surface area contributed by atoms with Gasteiger partial charge in [0.05, 0.1) is 17.8 Å². The van der Waals surface area contributed by atoms with Crippen LogP contribution in [0.25, 0.3) is 0 Å². The largest absolute Gasteiger partial charge is 0.361 e. The van der Waals surface area contributed by atoms with Crippen LogP contribution >= 0.6 is 0 Å². The predicted molar refractivity (Wildman–Crippen MR) is 81.6 cm³/mol. The maximum atomic E-state index is 12.5. The van der Waals surface area contributed by atoms with Gasteiger partial charge in [-0.15, -0.1) is 0 Å². The molecule has 22 heavy (non-hydrogen) atoms. The van der Waals surface area contributed by atoms with Gasteiger partial charge >= 0.3 is 0 Å². The minimum Gasteiger partial charge on any atom is -0.361 e. The minimum atomic E-state index is 0.142. The molecule has 1 aliphatic rings. The van der Waals surface area contributed by atoms with Crippen LogP contribution in [0.2, 0.25) is 0 Å². The Morgan fingerprint density at radius 3 is 2.77 bits per heavy atom. The van der Waals surface area contributed by atoms with E-state index in [1.165, 1.54) is 0 Å². The minimum absolute atomic E-state index is 0.142. The second-order valence-corrected chi connectivity index (χ2v) is 6.16. The summed E-state index contributed by atoms with van der Waals surface area (Å²) in [5.41, 5.74) is 2.75. The molecule has 1 atom stereocenters. The summed E-state index contributed by atoms with van der Waals surface area (Å²) in [7, 11) is 2.02. The zero-order chi connectivity index (χ0) is 15.9. The molecule has 1 aliphatic heterocycles. The lowest BCUT2D eigenvalue weighted by atomic mass is 10.1. The molecule has 3 rings (SSSR count). The number of likely N-dealkylation sites (tertiary alicyclic amines) is 1. The van der Waals surface area contributed by atoms with Crippen molar-refractivity contribution in [3.8, 4) is 0 Å². The normalized spacial score (nSPS) is 18.2. The smallest absolute Gasteiger partial charge is 0.227 e. The fourth-order valence-corrected chi connectivity index (χ4v) is 3.23. The van der Waals surface area contributed by atoms with Crippen LogP contribution in [-0.2, 0) is 18.3 Å². The molecule has 0 N–H and O–H groups in total. The van der Waals surface area contributed by atoms with E-state index in [0.717, 1.165) is 48.0 Å². The van der Waals surface area contributed by atoms with Gasteiger partial charge in [0.1, 0.15) is 11.6 Å². The van der Waals surface area contributed by atoms with Crippen molar-refractivity contribution >= 4 is 5.91 Å². The molecule has 1 fully saturated rings. The van der Waals surface area contributed by atoms with Crippen LogP contribution < -0.4 is 0 Å². The second kappa shape index (κ2) is 5.59. The molecule has 0 spiro atoms. The lowest BCUT2D eigenvalue weighted by Crippen LogP contribution is -2.30. The molecule has 2 aromatic rings. The van der Waals surface area contributed by atoms with Gasteiger partial charge in [0.2, 0.25) is 5.91 Å². The van der Waals surface area contributed by atoms with Gasteiger partial charge in [-0.3, -0.25) is 4.79 Å². The van der Waals surface area contributed by atoms with E-state index in [1.807, 2.05) is 38.9 Å². The first-order valence-corrected chi connectivity index (χ1v) is 7.65. The first-order chi connectivity index (χ1) is 10.5. The number of carbonyl (C=O) groups is 1. The average molecular weight is 302 g/mol. The molecule has 0 aliphatic carbocycles. The third kappa shape index (κ3) is 2.65. The summed E-state index contributed by atoms with van der Waals surface area (Å²) in [5.74, 6) is 2.28. The molecule has 118 valence electrons. The fourth-order valence-electron chi connectivity index (χ4n) is 3.23. The molecule has 6 heteroatoms. The van der Waals surface area contributed by atoms with Gasteiger partial charge in [-0.1, -0.05) is 5.16 Å². The second-order valence-electron chi connectivity index (χ2n) is 6.16. The number of hydrogen-bond donors (Lipinski definition) is 0. The van der Waals surface area contributed by atoms with Crippen LogP contribution in [0, 0.1) is 20.8 Å². The Kier molecular flexibility index (Phi) is 3.76. The Bertz CT molecular complexity index is 682. The standard InChI is InChI=1S/C16H22N4O2/c1-10-8-19(4)16(17-10)13-5-6-20(9-13)15(21)7-14-11(2)18-22-12(14)3/h8,13H,5-7,9H2,1-4H3. The molecule has 3 heterocycles. The number of rotatable bonds is 3. The Balaban J connectivity index is 1.67. The predicted octanol–water partition coefficient (Wildman–Crippen LogP) is 1.89. The van der Waals surface area contributed by atoms with Crippen molar-refractivity contribution in [2.75, 3.05) is 13.1 Å². The molecular formula is C16H22N4O2. The third-order valence-electron chi connectivity index (χ3n) is 4.45. The van der Waals surface area contributed by atoms with E-state index < -0.39 is 0 Å². The SMILES string of the molecule is Cc1cn(C)c(C2CCN(C(=O)Cc3c(C)noc3C)C2)n1. The van der Waals surface area contributed by atoms with Crippen LogP contribution in [0.1, 0.15) is 40.9 Å². The van der Waals surface area contributed by atoms with Gasteiger partial charge < -0.3 is 14.0 Å². The molecule has 1 unspecified atom stereocenters. The van der Waals surface area contributed by atoms with Gasteiger partial charge in [-0.05, 0) is 27.2 Å². The van der Waals surface area contributed by atoms with E-state index in [9.17, 15) is 4.79 Å². The Morgan fingerprint density at radius 1 is 1.41 bits per heavy atom. The lowest BCUT2D eigenvalue weighted by molar-refractivity contribution is -0.129. The maximum Gasteiger partial charge on any atom is 0.227 e. The van der Waals surface area contributed by atoms with Crippen molar-refractivity contribution < 1.29 is 9.32 Å². The van der Waals surface area contributed by atoms with Gasteiger partial charge in [0.15, 0.2) is 0 Å². The van der Waals surface area contributed by atoms with Gasteiger partial charge in [-0.2, -0.15) is 0 Å². The molecule has 1 amide bonds. The van der Waals surface area contributed by atoms with Gasteiger partial charge in [-0.25, -0.2) is 4.98 Å². The first-order valence-electron chi connectivity index (χ1n) is 7.65. The number of carbonyl (C=O) groups excluding carboxylic acids is 1. The summed E-state index contributed by atoms with van der Waals surface area (Å²) >= 11 is 0. The highest BCUT2D eigenvalue weighted by molar-refractivity contribution is 5.79. The van der Waals surface area contributed by atoms with Crippen LogP contribution in [0.15, 0.2) is 10.7 Å². The van der Waals surface area contributed by atoms with E-state index >= 15 is 0 Å².